The molecule has 4 rings (SSSR count). The van der Waals surface area contributed by atoms with E-state index in [0.717, 1.165) is 54.8 Å². The van der Waals surface area contributed by atoms with Gasteiger partial charge in [-0.05, 0) is 78.7 Å². The number of benzene rings is 2. The molecule has 1 aromatic heterocycles. The number of nitrogen functional groups attached to an aromatic ring is 1. The molecule has 3 unspecified atom stereocenters. The van der Waals surface area contributed by atoms with Gasteiger partial charge in [0.1, 0.15) is 11.8 Å². The van der Waals surface area contributed by atoms with Crippen LogP contribution >= 0.6 is 0 Å². The molecule has 10 heteroatoms. The lowest BCUT2D eigenvalue weighted by Gasteiger charge is -2.31. The van der Waals surface area contributed by atoms with Crippen LogP contribution in [-0.4, -0.2) is 39.4 Å². The Hall–Kier alpha value is -4.08. The van der Waals surface area contributed by atoms with E-state index in [1.165, 1.54) is 0 Å². The van der Waals surface area contributed by atoms with Crippen LogP contribution in [0.1, 0.15) is 69.4 Å². The summed E-state index contributed by atoms with van der Waals surface area (Å²) < 4.78 is 13.1. The van der Waals surface area contributed by atoms with Gasteiger partial charge >= 0.3 is 5.97 Å². The smallest absolute Gasteiger partial charge is 0.311 e. The Morgan fingerprint density at radius 2 is 2.08 bits per heavy atom. The molecule has 2 aromatic carbocycles. The maximum Gasteiger partial charge on any atom is 0.311 e. The summed E-state index contributed by atoms with van der Waals surface area (Å²) in [4.78, 5) is 12.9. The van der Waals surface area contributed by atoms with Gasteiger partial charge in [0.05, 0.1) is 36.5 Å². The number of nitrogens with one attached hydrogen (secondary N) is 2. The highest BCUT2D eigenvalue weighted by molar-refractivity contribution is 5.73. The maximum absolute atomic E-state index is 12.9. The van der Waals surface area contributed by atoms with Crippen LogP contribution in [0.15, 0.2) is 55.2 Å². The molecule has 38 heavy (non-hydrogen) atoms. The molecule has 1 fully saturated rings. The van der Waals surface area contributed by atoms with Crippen molar-refractivity contribution < 1.29 is 14.3 Å². The van der Waals surface area contributed by atoms with Crippen LogP contribution in [0.5, 0.6) is 5.75 Å². The van der Waals surface area contributed by atoms with Crippen LogP contribution < -0.4 is 21.1 Å². The second-order valence-corrected chi connectivity index (χ2v) is 9.34. The number of nitrogens with two attached hydrogens (primary N) is 1. The van der Waals surface area contributed by atoms with Crippen molar-refractivity contribution in [3.63, 3.8) is 0 Å². The zero-order valence-electron chi connectivity index (χ0n) is 22.1. The van der Waals surface area contributed by atoms with Gasteiger partial charge in [-0.3, -0.25) is 4.79 Å². The van der Waals surface area contributed by atoms with E-state index in [2.05, 4.69) is 39.7 Å². The van der Waals surface area contributed by atoms with Gasteiger partial charge in [-0.25, -0.2) is 4.68 Å². The summed E-state index contributed by atoms with van der Waals surface area (Å²) in [5.41, 5.74) is 9.33. The van der Waals surface area contributed by atoms with E-state index in [0.29, 0.717) is 24.7 Å². The molecule has 0 radical (unpaired) electrons. The summed E-state index contributed by atoms with van der Waals surface area (Å²) >= 11 is 0. The lowest BCUT2D eigenvalue weighted by Crippen LogP contribution is -2.33. The van der Waals surface area contributed by atoms with Crippen molar-refractivity contribution in [3.8, 4) is 5.75 Å². The number of tetrazole rings is 1. The standard InChI is InChI=1S/C28H37N7O3/c1-4-16-38-21-11-9-10-19(17-21)26(31-20-14-15-24(30-5-2)23(29)18-20)27-32-33-34-35(27)25-13-8-7-12-22(25)28(36)37-6-3/h5,9-11,14-15,17-18,22,25-26,30-31H,2,4,6-8,12-13,16,29H2,1,3H3. The van der Waals surface area contributed by atoms with Crippen LogP contribution in [0.4, 0.5) is 17.1 Å². The van der Waals surface area contributed by atoms with Gasteiger partial charge in [0, 0.05) is 5.69 Å². The molecular formula is C28H37N7O3. The lowest BCUT2D eigenvalue weighted by atomic mass is 9.84. The first-order chi connectivity index (χ1) is 18.5. The quantitative estimate of drug-likeness (QED) is 0.221. The molecule has 0 saturated heterocycles. The summed E-state index contributed by atoms with van der Waals surface area (Å²) in [6.07, 6.45) is 6.00. The zero-order chi connectivity index (χ0) is 26.9. The van der Waals surface area contributed by atoms with E-state index in [1.54, 1.807) is 10.9 Å². The van der Waals surface area contributed by atoms with E-state index in [4.69, 9.17) is 15.2 Å². The lowest BCUT2D eigenvalue weighted by molar-refractivity contribution is -0.151. The van der Waals surface area contributed by atoms with E-state index >= 15 is 0 Å². The second kappa shape index (κ2) is 12.9. The Kier molecular flexibility index (Phi) is 9.18. The van der Waals surface area contributed by atoms with Crippen LogP contribution in [0.3, 0.4) is 0 Å². The van der Waals surface area contributed by atoms with Gasteiger partial charge in [0.25, 0.3) is 0 Å². The zero-order valence-corrected chi connectivity index (χ0v) is 22.1. The van der Waals surface area contributed by atoms with Crippen LogP contribution in [0.2, 0.25) is 0 Å². The number of ether oxygens (including phenoxy) is 2. The molecule has 3 aromatic rings. The predicted octanol–water partition coefficient (Wildman–Crippen LogP) is 5.10. The van der Waals surface area contributed by atoms with E-state index in [-0.39, 0.29) is 17.9 Å². The average molecular weight is 520 g/mol. The number of esters is 1. The van der Waals surface area contributed by atoms with Crippen LogP contribution in [0, 0.1) is 5.92 Å². The van der Waals surface area contributed by atoms with E-state index < -0.39 is 6.04 Å². The van der Waals surface area contributed by atoms with Crippen molar-refractivity contribution in [3.05, 3.63) is 66.6 Å². The largest absolute Gasteiger partial charge is 0.494 e. The number of hydrogen-bond acceptors (Lipinski definition) is 9. The Balaban J connectivity index is 1.74. The average Bonchev–Trinajstić information content (AvgIpc) is 3.42. The highest BCUT2D eigenvalue weighted by atomic mass is 16.5. The number of nitrogens with zero attached hydrogens (tertiary/aromatic N) is 4. The number of anilines is 3. The highest BCUT2D eigenvalue weighted by Gasteiger charge is 2.37. The fraction of sp³-hybridized carbons (Fsp3) is 0.429. The molecule has 3 atom stereocenters. The third-order valence-corrected chi connectivity index (χ3v) is 6.69. The molecular weight excluding hydrogens is 482 g/mol. The predicted molar refractivity (Wildman–Crippen MR) is 148 cm³/mol. The number of aromatic nitrogens is 4. The van der Waals surface area contributed by atoms with Gasteiger partial charge in [-0.1, -0.05) is 38.5 Å². The third-order valence-electron chi connectivity index (χ3n) is 6.69. The molecule has 202 valence electrons. The third kappa shape index (κ3) is 6.24. The SMILES string of the molecule is C=CNc1ccc(NC(c2cccc(OCCC)c2)c2nnnn2C2CCCCC2C(=O)OCC)cc1N. The van der Waals surface area contributed by atoms with Crippen molar-refractivity contribution in [1.82, 2.24) is 20.2 Å². The van der Waals surface area contributed by atoms with Gasteiger partial charge in [-0.2, -0.15) is 0 Å². The number of carbonyl (C=O) groups excluding carboxylic acids is 1. The Morgan fingerprint density at radius 3 is 2.84 bits per heavy atom. The summed E-state index contributed by atoms with van der Waals surface area (Å²) in [7, 11) is 0. The molecule has 0 spiro atoms. The molecule has 10 nitrogen and oxygen atoms in total. The summed E-state index contributed by atoms with van der Waals surface area (Å²) in [5, 5.41) is 19.5. The van der Waals surface area contributed by atoms with Crippen LogP contribution in [-0.2, 0) is 9.53 Å². The van der Waals surface area contributed by atoms with Crippen molar-refractivity contribution in [2.45, 2.75) is 58.0 Å². The van der Waals surface area contributed by atoms with E-state index in [1.807, 2.05) is 49.4 Å². The topological polar surface area (TPSA) is 129 Å². The van der Waals surface area contributed by atoms with Crippen molar-refractivity contribution in [2.24, 2.45) is 5.92 Å². The minimum absolute atomic E-state index is 0.194. The van der Waals surface area contributed by atoms with Crippen molar-refractivity contribution >= 4 is 23.0 Å². The fourth-order valence-electron chi connectivity index (χ4n) is 4.92. The first kappa shape index (κ1) is 27.0. The number of hydrogen-bond donors (Lipinski definition) is 3. The van der Waals surface area contributed by atoms with Gasteiger partial charge in [0.15, 0.2) is 5.82 Å². The molecule has 1 aliphatic rings. The Bertz CT molecular complexity index is 1230. The first-order valence-electron chi connectivity index (χ1n) is 13.3. The summed E-state index contributed by atoms with van der Waals surface area (Å²) in [6, 6.07) is 12.9. The second-order valence-electron chi connectivity index (χ2n) is 9.34. The molecule has 1 heterocycles. The van der Waals surface area contributed by atoms with Crippen LogP contribution in [0.25, 0.3) is 0 Å². The van der Waals surface area contributed by atoms with E-state index in [9.17, 15) is 4.79 Å². The first-order valence-corrected chi connectivity index (χ1v) is 13.3. The molecule has 0 bridgehead atoms. The fourth-order valence-corrected chi connectivity index (χ4v) is 4.92. The molecule has 4 N–H and O–H groups in total. The Morgan fingerprint density at radius 1 is 1.24 bits per heavy atom. The molecule has 0 amide bonds. The van der Waals surface area contributed by atoms with Crippen molar-refractivity contribution in [2.75, 3.05) is 29.6 Å². The van der Waals surface area contributed by atoms with Gasteiger partial charge < -0.3 is 25.8 Å². The number of carbonyl (C=O) groups is 1. The summed E-state index contributed by atoms with van der Waals surface area (Å²) in [5.74, 6) is 0.870. The highest BCUT2D eigenvalue weighted by Crippen LogP contribution is 2.37. The molecule has 0 aliphatic heterocycles. The van der Waals surface area contributed by atoms with Gasteiger partial charge in [0.2, 0.25) is 0 Å². The van der Waals surface area contributed by atoms with Crippen molar-refractivity contribution in [1.29, 1.82) is 0 Å². The monoisotopic (exact) mass is 519 g/mol. The summed E-state index contributed by atoms with van der Waals surface area (Å²) in [6.45, 7) is 8.57. The molecule has 1 saturated carbocycles. The minimum atomic E-state index is -0.433. The maximum atomic E-state index is 12.9. The minimum Gasteiger partial charge on any atom is -0.494 e. The number of rotatable bonds is 12. The molecule has 1 aliphatic carbocycles. The normalized spacial score (nSPS) is 17.8. The Labute approximate surface area is 223 Å². The van der Waals surface area contributed by atoms with Gasteiger partial charge in [-0.15, -0.1) is 5.10 Å².